The van der Waals surface area contributed by atoms with E-state index >= 15 is 0 Å². The lowest BCUT2D eigenvalue weighted by atomic mass is 10.2. The molecule has 0 aliphatic heterocycles. The molecule has 112 valence electrons. The fourth-order valence-corrected chi connectivity index (χ4v) is 1.70. The molecule has 0 atom stereocenters. The Balaban J connectivity index is 1.87. The average molecular weight is 292 g/mol. The zero-order valence-electron chi connectivity index (χ0n) is 12.0. The fourth-order valence-electron chi connectivity index (χ4n) is 1.70. The van der Waals surface area contributed by atoms with E-state index in [9.17, 15) is 0 Å². The van der Waals surface area contributed by atoms with Crippen molar-refractivity contribution in [2.24, 2.45) is 0 Å². The molecule has 0 radical (unpaired) electrons. The molecule has 0 N–H and O–H groups in total. The third-order valence-electron chi connectivity index (χ3n) is 2.78. The third kappa shape index (κ3) is 4.11. The highest BCUT2D eigenvalue weighted by molar-refractivity contribution is 5.36. The average Bonchev–Trinajstić information content (AvgIpc) is 3.06. The Kier molecular flexibility index (Phi) is 5.43. The molecule has 0 saturated carbocycles. The minimum Gasteiger partial charge on any atom is -0.382 e. The van der Waals surface area contributed by atoms with Gasteiger partial charge < -0.3 is 18.5 Å². The molecular formula is C13H16N4O4. The van der Waals surface area contributed by atoms with Gasteiger partial charge in [0.15, 0.2) is 11.6 Å². The lowest BCUT2D eigenvalue weighted by Crippen LogP contribution is -2.05. The first-order chi connectivity index (χ1) is 10.2. The predicted molar refractivity (Wildman–Crippen MR) is 69.5 cm³/mol. The number of hydrogen-bond donors (Lipinski definition) is 0. The largest absolute Gasteiger partial charge is 0.382 e. The van der Waals surface area contributed by atoms with E-state index in [0.29, 0.717) is 55.0 Å². The summed E-state index contributed by atoms with van der Waals surface area (Å²) < 4.78 is 20.3. The summed E-state index contributed by atoms with van der Waals surface area (Å²) in [6.07, 6.45) is 0.827. The standard InChI is InChI=1S/C13H16N4O4/c1-9-10(8-14)11(16-20-9)7-13-15-12(17-21-13)3-4-19-6-5-18-2/h3-7H2,1-2H3. The van der Waals surface area contributed by atoms with Gasteiger partial charge in [-0.1, -0.05) is 10.3 Å². The highest BCUT2D eigenvalue weighted by Gasteiger charge is 2.16. The van der Waals surface area contributed by atoms with Crippen LogP contribution in [0.1, 0.15) is 28.7 Å². The maximum atomic E-state index is 9.01. The van der Waals surface area contributed by atoms with Crippen molar-refractivity contribution in [2.45, 2.75) is 19.8 Å². The molecule has 2 aromatic heterocycles. The summed E-state index contributed by atoms with van der Waals surface area (Å²) in [7, 11) is 1.62. The van der Waals surface area contributed by atoms with Crippen LogP contribution in [0.4, 0.5) is 0 Å². The molecule has 0 aliphatic rings. The van der Waals surface area contributed by atoms with Crippen LogP contribution in [-0.2, 0) is 22.3 Å². The number of ether oxygens (including phenoxy) is 2. The molecule has 0 saturated heterocycles. The van der Waals surface area contributed by atoms with Gasteiger partial charge >= 0.3 is 0 Å². The Bertz CT molecular complexity index is 614. The first-order valence-electron chi connectivity index (χ1n) is 6.48. The van der Waals surface area contributed by atoms with Gasteiger partial charge in [0.2, 0.25) is 5.89 Å². The van der Waals surface area contributed by atoms with E-state index in [4.69, 9.17) is 23.8 Å². The molecule has 0 bridgehead atoms. The summed E-state index contributed by atoms with van der Waals surface area (Å²) in [5.74, 6) is 1.44. The zero-order chi connectivity index (χ0) is 15.1. The maximum Gasteiger partial charge on any atom is 0.232 e. The van der Waals surface area contributed by atoms with Crippen LogP contribution in [0.3, 0.4) is 0 Å². The van der Waals surface area contributed by atoms with Crippen molar-refractivity contribution in [3.8, 4) is 6.07 Å². The Labute approximate surface area is 121 Å². The van der Waals surface area contributed by atoms with Crippen molar-refractivity contribution >= 4 is 0 Å². The Morgan fingerprint density at radius 1 is 1.19 bits per heavy atom. The molecule has 2 aromatic rings. The summed E-state index contributed by atoms with van der Waals surface area (Å²) in [4.78, 5) is 4.23. The monoisotopic (exact) mass is 292 g/mol. The van der Waals surface area contributed by atoms with Crippen LogP contribution in [0.25, 0.3) is 0 Å². The number of rotatable bonds is 8. The van der Waals surface area contributed by atoms with Crippen molar-refractivity contribution < 1.29 is 18.5 Å². The van der Waals surface area contributed by atoms with E-state index in [2.05, 4.69) is 15.3 Å². The lowest BCUT2D eigenvalue weighted by molar-refractivity contribution is 0.0714. The van der Waals surface area contributed by atoms with Gasteiger partial charge in [-0.3, -0.25) is 0 Å². The SMILES string of the molecule is COCCOCCc1noc(Cc2noc(C)c2C#N)n1. The number of nitrogens with zero attached hydrogens (tertiary/aromatic N) is 4. The smallest absolute Gasteiger partial charge is 0.232 e. The van der Waals surface area contributed by atoms with Crippen LogP contribution in [0.15, 0.2) is 9.05 Å². The van der Waals surface area contributed by atoms with Crippen LogP contribution in [-0.4, -0.2) is 42.2 Å². The number of nitriles is 1. The topological polar surface area (TPSA) is 107 Å². The van der Waals surface area contributed by atoms with Crippen molar-refractivity contribution in [1.29, 1.82) is 5.26 Å². The lowest BCUT2D eigenvalue weighted by Gasteiger charge is -1.99. The predicted octanol–water partition coefficient (Wildman–Crippen LogP) is 1.03. The van der Waals surface area contributed by atoms with Crippen LogP contribution < -0.4 is 0 Å². The number of methoxy groups -OCH3 is 1. The third-order valence-corrected chi connectivity index (χ3v) is 2.78. The Hall–Kier alpha value is -2.24. The molecule has 2 heterocycles. The van der Waals surface area contributed by atoms with E-state index in [-0.39, 0.29) is 6.42 Å². The van der Waals surface area contributed by atoms with Gasteiger partial charge in [-0.05, 0) is 6.92 Å². The van der Waals surface area contributed by atoms with Crippen LogP contribution in [0.2, 0.25) is 0 Å². The van der Waals surface area contributed by atoms with E-state index in [1.54, 1.807) is 14.0 Å². The highest BCUT2D eigenvalue weighted by atomic mass is 16.5. The van der Waals surface area contributed by atoms with Gasteiger partial charge in [-0.15, -0.1) is 0 Å². The zero-order valence-corrected chi connectivity index (χ0v) is 12.0. The Morgan fingerprint density at radius 2 is 2.05 bits per heavy atom. The maximum absolute atomic E-state index is 9.01. The molecular weight excluding hydrogens is 276 g/mol. The summed E-state index contributed by atoms with van der Waals surface area (Å²) in [5.41, 5.74) is 0.916. The van der Waals surface area contributed by atoms with Crippen LogP contribution in [0, 0.1) is 18.3 Å². The second-order valence-corrected chi connectivity index (χ2v) is 4.31. The normalized spacial score (nSPS) is 10.7. The van der Waals surface area contributed by atoms with Gasteiger partial charge in [-0.25, -0.2) is 0 Å². The molecule has 21 heavy (non-hydrogen) atoms. The molecule has 0 fully saturated rings. The molecule has 0 unspecified atom stereocenters. The van der Waals surface area contributed by atoms with Crippen molar-refractivity contribution in [3.05, 3.63) is 28.7 Å². The first kappa shape index (κ1) is 15.2. The quantitative estimate of drug-likeness (QED) is 0.664. The second kappa shape index (κ2) is 7.52. The van der Waals surface area contributed by atoms with Crippen molar-refractivity contribution in [1.82, 2.24) is 15.3 Å². The summed E-state index contributed by atoms with van der Waals surface area (Å²) in [5, 5.41) is 16.7. The minimum atomic E-state index is 0.276. The fraction of sp³-hybridized carbons (Fsp3) is 0.538. The van der Waals surface area contributed by atoms with Gasteiger partial charge in [0.05, 0.1) is 26.2 Å². The molecule has 2 rings (SSSR count). The van der Waals surface area contributed by atoms with Gasteiger partial charge in [0.25, 0.3) is 0 Å². The molecule has 0 amide bonds. The van der Waals surface area contributed by atoms with E-state index in [0.717, 1.165) is 0 Å². The molecule has 8 nitrogen and oxygen atoms in total. The summed E-state index contributed by atoms with van der Waals surface area (Å²) in [6, 6.07) is 2.05. The van der Waals surface area contributed by atoms with Crippen LogP contribution in [0.5, 0.6) is 0 Å². The van der Waals surface area contributed by atoms with Gasteiger partial charge in [-0.2, -0.15) is 10.2 Å². The van der Waals surface area contributed by atoms with Crippen molar-refractivity contribution in [3.63, 3.8) is 0 Å². The molecule has 8 heteroatoms. The van der Waals surface area contributed by atoms with E-state index in [1.165, 1.54) is 0 Å². The summed E-state index contributed by atoms with van der Waals surface area (Å²) >= 11 is 0. The van der Waals surface area contributed by atoms with Gasteiger partial charge in [0.1, 0.15) is 17.3 Å². The first-order valence-corrected chi connectivity index (χ1v) is 6.48. The second-order valence-electron chi connectivity index (χ2n) is 4.31. The van der Waals surface area contributed by atoms with E-state index in [1.807, 2.05) is 6.07 Å². The number of aryl methyl sites for hydroxylation is 1. The molecule has 0 aliphatic carbocycles. The highest BCUT2D eigenvalue weighted by Crippen LogP contribution is 2.15. The van der Waals surface area contributed by atoms with E-state index < -0.39 is 0 Å². The Morgan fingerprint density at radius 3 is 2.81 bits per heavy atom. The van der Waals surface area contributed by atoms with Crippen molar-refractivity contribution in [2.75, 3.05) is 26.9 Å². The number of aromatic nitrogens is 3. The molecule has 0 spiro atoms. The number of hydrogen-bond acceptors (Lipinski definition) is 8. The summed E-state index contributed by atoms with van der Waals surface area (Å²) in [6.45, 7) is 3.27. The van der Waals surface area contributed by atoms with Crippen LogP contribution >= 0.6 is 0 Å². The van der Waals surface area contributed by atoms with Gasteiger partial charge in [0, 0.05) is 13.5 Å². The molecule has 0 aromatic carbocycles. The minimum absolute atomic E-state index is 0.276.